The van der Waals surface area contributed by atoms with Crippen LogP contribution < -0.4 is 10.2 Å². The van der Waals surface area contributed by atoms with Gasteiger partial charge in [0.1, 0.15) is 5.82 Å². The van der Waals surface area contributed by atoms with Crippen molar-refractivity contribution in [3.8, 4) is 0 Å². The summed E-state index contributed by atoms with van der Waals surface area (Å²) in [6, 6.07) is 11.6. The molecule has 0 unspecified atom stereocenters. The van der Waals surface area contributed by atoms with Crippen LogP contribution in [0.2, 0.25) is 0 Å². The summed E-state index contributed by atoms with van der Waals surface area (Å²) in [5.74, 6) is 1.03. The van der Waals surface area contributed by atoms with Gasteiger partial charge in [0.15, 0.2) is 5.65 Å². The molecule has 1 saturated heterocycles. The molecule has 1 N–H and O–H groups in total. The SMILES string of the molecule is Cc1ccc(NC(=O)C2CN(c3ccnc4ccnn34)C2)cc1. The Morgan fingerprint density at radius 2 is 1.91 bits per heavy atom. The molecule has 6 nitrogen and oxygen atoms in total. The fourth-order valence-corrected chi connectivity index (χ4v) is 2.77. The molecule has 3 aromatic rings. The minimum absolute atomic E-state index is 0.00455. The highest BCUT2D eigenvalue weighted by atomic mass is 16.2. The molecular formula is C17H17N5O. The van der Waals surface area contributed by atoms with Crippen LogP contribution in [0.25, 0.3) is 5.65 Å². The number of aromatic nitrogens is 3. The summed E-state index contributed by atoms with van der Waals surface area (Å²) in [6.07, 6.45) is 3.50. The van der Waals surface area contributed by atoms with Crippen LogP contribution in [-0.4, -0.2) is 33.6 Å². The van der Waals surface area contributed by atoms with Crippen molar-refractivity contribution < 1.29 is 4.79 Å². The lowest BCUT2D eigenvalue weighted by Gasteiger charge is -2.39. The van der Waals surface area contributed by atoms with E-state index in [1.54, 1.807) is 16.9 Å². The van der Waals surface area contributed by atoms with Gasteiger partial charge in [-0.15, -0.1) is 0 Å². The fraction of sp³-hybridized carbons (Fsp3) is 0.235. The average Bonchev–Trinajstić information content (AvgIpc) is 2.97. The van der Waals surface area contributed by atoms with E-state index < -0.39 is 0 Å². The number of nitrogens with zero attached hydrogens (tertiary/aromatic N) is 4. The van der Waals surface area contributed by atoms with Crippen molar-refractivity contribution in [2.24, 2.45) is 5.92 Å². The molecular weight excluding hydrogens is 290 g/mol. The van der Waals surface area contributed by atoms with Crippen molar-refractivity contribution in [1.29, 1.82) is 0 Å². The molecule has 0 bridgehead atoms. The molecule has 1 aliphatic heterocycles. The summed E-state index contributed by atoms with van der Waals surface area (Å²) in [4.78, 5) is 18.7. The molecule has 0 spiro atoms. The van der Waals surface area contributed by atoms with Crippen LogP contribution in [-0.2, 0) is 4.79 Å². The Kier molecular flexibility index (Phi) is 3.22. The minimum Gasteiger partial charge on any atom is -0.355 e. The molecule has 3 heterocycles. The highest BCUT2D eigenvalue weighted by molar-refractivity contribution is 5.94. The summed E-state index contributed by atoms with van der Waals surface area (Å²) in [5.41, 5.74) is 2.84. The molecule has 1 aliphatic rings. The summed E-state index contributed by atoms with van der Waals surface area (Å²) >= 11 is 0. The van der Waals surface area contributed by atoms with Crippen molar-refractivity contribution in [2.45, 2.75) is 6.92 Å². The molecule has 116 valence electrons. The van der Waals surface area contributed by atoms with Crippen LogP contribution in [0, 0.1) is 12.8 Å². The first-order valence-corrected chi connectivity index (χ1v) is 7.62. The van der Waals surface area contributed by atoms with Gasteiger partial charge < -0.3 is 10.2 Å². The van der Waals surface area contributed by atoms with Gasteiger partial charge in [-0.25, -0.2) is 4.98 Å². The Labute approximate surface area is 133 Å². The number of anilines is 2. The van der Waals surface area contributed by atoms with Gasteiger partial charge in [-0.1, -0.05) is 17.7 Å². The second kappa shape index (κ2) is 5.39. The quantitative estimate of drug-likeness (QED) is 0.805. The first-order valence-electron chi connectivity index (χ1n) is 7.62. The van der Waals surface area contributed by atoms with Crippen LogP contribution in [0.5, 0.6) is 0 Å². The van der Waals surface area contributed by atoms with E-state index in [1.165, 1.54) is 5.56 Å². The normalized spacial score (nSPS) is 14.7. The van der Waals surface area contributed by atoms with Crippen molar-refractivity contribution >= 4 is 23.1 Å². The molecule has 0 saturated carbocycles. The Balaban J connectivity index is 1.42. The number of benzene rings is 1. The molecule has 0 atom stereocenters. The molecule has 23 heavy (non-hydrogen) atoms. The Morgan fingerprint density at radius 1 is 1.13 bits per heavy atom. The number of aryl methyl sites for hydroxylation is 1. The average molecular weight is 307 g/mol. The zero-order chi connectivity index (χ0) is 15.8. The number of carbonyl (C=O) groups excluding carboxylic acids is 1. The van der Waals surface area contributed by atoms with Gasteiger partial charge in [-0.3, -0.25) is 4.79 Å². The molecule has 2 aromatic heterocycles. The number of hydrogen-bond donors (Lipinski definition) is 1. The van der Waals surface area contributed by atoms with E-state index in [-0.39, 0.29) is 11.8 Å². The lowest BCUT2D eigenvalue weighted by Crippen LogP contribution is -2.52. The van der Waals surface area contributed by atoms with E-state index in [9.17, 15) is 4.79 Å². The Bertz CT molecular complexity index is 849. The van der Waals surface area contributed by atoms with Crippen LogP contribution in [0.3, 0.4) is 0 Å². The number of hydrogen-bond acceptors (Lipinski definition) is 4. The summed E-state index contributed by atoms with van der Waals surface area (Å²) < 4.78 is 1.80. The van der Waals surface area contributed by atoms with Gasteiger partial charge in [0.25, 0.3) is 0 Å². The monoisotopic (exact) mass is 307 g/mol. The van der Waals surface area contributed by atoms with E-state index in [0.717, 1.165) is 17.2 Å². The van der Waals surface area contributed by atoms with Crippen molar-refractivity contribution in [1.82, 2.24) is 14.6 Å². The van der Waals surface area contributed by atoms with Crippen LogP contribution >= 0.6 is 0 Å². The highest BCUT2D eigenvalue weighted by Crippen LogP contribution is 2.25. The third kappa shape index (κ3) is 2.52. The number of nitrogens with one attached hydrogen (secondary N) is 1. The topological polar surface area (TPSA) is 62.5 Å². The maximum atomic E-state index is 12.3. The number of rotatable bonds is 3. The minimum atomic E-state index is -0.00455. The van der Waals surface area contributed by atoms with Crippen LogP contribution in [0.1, 0.15) is 5.56 Å². The third-order valence-corrected chi connectivity index (χ3v) is 4.17. The molecule has 4 rings (SSSR count). The Morgan fingerprint density at radius 3 is 2.70 bits per heavy atom. The van der Waals surface area contributed by atoms with Gasteiger partial charge in [0.05, 0.1) is 12.1 Å². The van der Waals surface area contributed by atoms with E-state index in [2.05, 4.69) is 20.3 Å². The van der Waals surface area contributed by atoms with Gasteiger partial charge in [-0.05, 0) is 25.1 Å². The standard InChI is InChI=1S/C17H17N5O/c1-12-2-4-14(5-3-12)20-17(23)13-10-21(11-13)16-7-8-18-15-6-9-19-22(15)16/h2-9,13H,10-11H2,1H3,(H,20,23). The Hall–Kier alpha value is -2.89. The predicted octanol–water partition coefficient (Wildman–Crippen LogP) is 2.11. The molecule has 1 amide bonds. The van der Waals surface area contributed by atoms with Crippen molar-refractivity contribution in [2.75, 3.05) is 23.3 Å². The second-order valence-corrected chi connectivity index (χ2v) is 5.86. The van der Waals surface area contributed by atoms with E-state index in [0.29, 0.717) is 13.1 Å². The zero-order valence-electron chi connectivity index (χ0n) is 12.8. The number of amides is 1. The maximum Gasteiger partial charge on any atom is 0.231 e. The van der Waals surface area contributed by atoms with E-state index >= 15 is 0 Å². The van der Waals surface area contributed by atoms with Gasteiger partial charge in [0, 0.05) is 31.0 Å². The summed E-state index contributed by atoms with van der Waals surface area (Å²) in [7, 11) is 0. The van der Waals surface area contributed by atoms with Crippen molar-refractivity contribution in [3.05, 3.63) is 54.4 Å². The van der Waals surface area contributed by atoms with Gasteiger partial charge in [0.2, 0.25) is 5.91 Å². The van der Waals surface area contributed by atoms with Crippen LogP contribution in [0.15, 0.2) is 48.8 Å². The molecule has 6 heteroatoms. The van der Waals surface area contributed by atoms with Gasteiger partial charge >= 0.3 is 0 Å². The van der Waals surface area contributed by atoms with E-state index in [1.807, 2.05) is 43.3 Å². The first-order chi connectivity index (χ1) is 11.2. The lowest BCUT2D eigenvalue weighted by molar-refractivity contribution is -0.120. The van der Waals surface area contributed by atoms with Crippen molar-refractivity contribution in [3.63, 3.8) is 0 Å². The van der Waals surface area contributed by atoms with E-state index in [4.69, 9.17) is 0 Å². The number of carbonyl (C=O) groups is 1. The fourth-order valence-electron chi connectivity index (χ4n) is 2.77. The number of fused-ring (bicyclic) bond motifs is 1. The second-order valence-electron chi connectivity index (χ2n) is 5.86. The predicted molar refractivity (Wildman–Crippen MR) is 88.5 cm³/mol. The molecule has 0 radical (unpaired) electrons. The maximum absolute atomic E-state index is 12.3. The first kappa shape index (κ1) is 13.8. The molecule has 1 fully saturated rings. The van der Waals surface area contributed by atoms with Crippen LogP contribution in [0.4, 0.5) is 11.5 Å². The smallest absolute Gasteiger partial charge is 0.231 e. The zero-order valence-corrected chi connectivity index (χ0v) is 12.8. The molecule has 1 aromatic carbocycles. The molecule has 0 aliphatic carbocycles. The highest BCUT2D eigenvalue weighted by Gasteiger charge is 2.34. The third-order valence-electron chi connectivity index (χ3n) is 4.17. The van der Waals surface area contributed by atoms with Gasteiger partial charge in [-0.2, -0.15) is 9.61 Å². The summed E-state index contributed by atoms with van der Waals surface area (Å²) in [5, 5.41) is 7.25. The lowest BCUT2D eigenvalue weighted by atomic mass is 9.99. The summed E-state index contributed by atoms with van der Waals surface area (Å²) in [6.45, 7) is 3.41. The largest absolute Gasteiger partial charge is 0.355 e.